The number of hydrogen-bond donors (Lipinski definition) is 1. The summed E-state index contributed by atoms with van der Waals surface area (Å²) in [6, 6.07) is 11.3. The van der Waals surface area contributed by atoms with Crippen LogP contribution in [0.15, 0.2) is 54.6 Å². The lowest BCUT2D eigenvalue weighted by Crippen LogP contribution is -2.31. The molecule has 136 valence electrons. The van der Waals surface area contributed by atoms with Crippen LogP contribution >= 0.6 is 0 Å². The van der Waals surface area contributed by atoms with Crippen LogP contribution in [0.1, 0.15) is 42.0 Å². The van der Waals surface area contributed by atoms with E-state index in [4.69, 9.17) is 4.74 Å². The molecule has 2 nitrogen and oxygen atoms in total. The molecule has 0 saturated heterocycles. The van der Waals surface area contributed by atoms with E-state index in [9.17, 15) is 13.2 Å². The summed E-state index contributed by atoms with van der Waals surface area (Å²) in [6.07, 6.45) is 0.568. The van der Waals surface area contributed by atoms with Crippen molar-refractivity contribution in [3.05, 3.63) is 71.3 Å². The summed E-state index contributed by atoms with van der Waals surface area (Å²) in [5.41, 5.74) is 1.63. The van der Waals surface area contributed by atoms with Crippen LogP contribution in [-0.2, 0) is 6.18 Å². The molecule has 0 bridgehead atoms. The van der Waals surface area contributed by atoms with E-state index in [1.54, 1.807) is 12.1 Å². The summed E-state index contributed by atoms with van der Waals surface area (Å²) in [5.74, 6) is 0.846. The molecule has 2 aromatic carbocycles. The van der Waals surface area contributed by atoms with Crippen LogP contribution in [-0.4, -0.2) is 6.61 Å². The van der Waals surface area contributed by atoms with Crippen molar-refractivity contribution in [1.29, 1.82) is 0 Å². The third kappa shape index (κ3) is 2.75. The number of allylic oxidation sites excluding steroid dienone is 2. The second kappa shape index (κ2) is 6.38. The van der Waals surface area contributed by atoms with Crippen LogP contribution < -0.4 is 10.1 Å². The highest BCUT2D eigenvalue weighted by Crippen LogP contribution is 2.53. The lowest BCUT2D eigenvalue weighted by atomic mass is 9.76. The zero-order valence-corrected chi connectivity index (χ0v) is 14.4. The van der Waals surface area contributed by atoms with Gasteiger partial charge in [0.1, 0.15) is 5.75 Å². The van der Waals surface area contributed by atoms with Gasteiger partial charge in [0.15, 0.2) is 0 Å². The summed E-state index contributed by atoms with van der Waals surface area (Å²) in [5, 5.41) is 3.39. The van der Waals surface area contributed by atoms with Gasteiger partial charge in [-0.05, 0) is 42.5 Å². The third-order valence-corrected chi connectivity index (χ3v) is 5.26. The van der Waals surface area contributed by atoms with Crippen LogP contribution in [0.4, 0.5) is 18.9 Å². The first-order chi connectivity index (χ1) is 12.5. The number of rotatable bonds is 3. The van der Waals surface area contributed by atoms with Crippen molar-refractivity contribution in [3.63, 3.8) is 0 Å². The van der Waals surface area contributed by atoms with Gasteiger partial charge < -0.3 is 10.1 Å². The Morgan fingerprint density at radius 3 is 2.62 bits per heavy atom. The number of alkyl halides is 3. The molecule has 1 aliphatic heterocycles. The van der Waals surface area contributed by atoms with Crippen molar-refractivity contribution in [1.82, 2.24) is 0 Å². The third-order valence-electron chi connectivity index (χ3n) is 5.26. The predicted molar refractivity (Wildman–Crippen MR) is 95.4 cm³/mol. The molecular formula is C21H20F3NO. The van der Waals surface area contributed by atoms with Gasteiger partial charge in [-0.25, -0.2) is 0 Å². The first-order valence-corrected chi connectivity index (χ1v) is 8.85. The summed E-state index contributed by atoms with van der Waals surface area (Å²) in [7, 11) is 0. The molecule has 0 amide bonds. The summed E-state index contributed by atoms with van der Waals surface area (Å²) >= 11 is 0. The van der Waals surface area contributed by atoms with Gasteiger partial charge in [0.25, 0.3) is 0 Å². The molecule has 0 aromatic heterocycles. The van der Waals surface area contributed by atoms with E-state index in [0.717, 1.165) is 17.7 Å². The van der Waals surface area contributed by atoms with E-state index in [0.29, 0.717) is 17.9 Å². The molecule has 2 aliphatic rings. The van der Waals surface area contributed by atoms with Crippen molar-refractivity contribution in [2.24, 2.45) is 5.92 Å². The van der Waals surface area contributed by atoms with Gasteiger partial charge in [0.05, 0.1) is 23.9 Å². The van der Waals surface area contributed by atoms with Crippen LogP contribution in [0.2, 0.25) is 0 Å². The lowest BCUT2D eigenvalue weighted by Gasteiger charge is -2.39. The fourth-order valence-corrected chi connectivity index (χ4v) is 4.20. The first kappa shape index (κ1) is 17.0. The monoisotopic (exact) mass is 359 g/mol. The molecule has 1 heterocycles. The van der Waals surface area contributed by atoms with E-state index >= 15 is 0 Å². The number of fused-ring (bicyclic) bond motifs is 3. The van der Waals surface area contributed by atoms with E-state index in [-0.39, 0.29) is 11.8 Å². The maximum atomic E-state index is 13.6. The SMILES string of the molecule is CCOc1cccc2c1N[C@H](c1ccccc1C(F)(F)F)[C@H]1CC=C[C@H]21. The normalized spacial score (nSPS) is 23.9. The molecule has 0 spiro atoms. The maximum absolute atomic E-state index is 13.6. The highest BCUT2D eigenvalue weighted by Gasteiger charge is 2.43. The van der Waals surface area contributed by atoms with Gasteiger partial charge in [0.2, 0.25) is 0 Å². The zero-order valence-electron chi connectivity index (χ0n) is 14.4. The molecule has 2 aromatic rings. The van der Waals surface area contributed by atoms with Crippen LogP contribution in [0.5, 0.6) is 5.75 Å². The van der Waals surface area contributed by atoms with Gasteiger partial charge in [-0.3, -0.25) is 0 Å². The van der Waals surface area contributed by atoms with Gasteiger partial charge in [-0.2, -0.15) is 13.2 Å². The van der Waals surface area contributed by atoms with Gasteiger partial charge in [-0.15, -0.1) is 0 Å². The Morgan fingerprint density at radius 1 is 1.08 bits per heavy atom. The average Bonchev–Trinajstić information content (AvgIpc) is 3.11. The fourth-order valence-electron chi connectivity index (χ4n) is 4.20. The average molecular weight is 359 g/mol. The minimum atomic E-state index is -4.38. The second-order valence-corrected chi connectivity index (χ2v) is 6.71. The Labute approximate surface area is 150 Å². The Morgan fingerprint density at radius 2 is 1.85 bits per heavy atom. The van der Waals surface area contributed by atoms with Crippen molar-refractivity contribution < 1.29 is 17.9 Å². The van der Waals surface area contributed by atoms with Crippen LogP contribution in [0, 0.1) is 5.92 Å². The largest absolute Gasteiger partial charge is 0.492 e. The Bertz CT molecular complexity index is 843. The molecule has 4 rings (SSSR count). The Kier molecular flexibility index (Phi) is 4.17. The van der Waals surface area contributed by atoms with E-state index in [1.165, 1.54) is 12.1 Å². The van der Waals surface area contributed by atoms with Gasteiger partial charge in [-0.1, -0.05) is 42.5 Å². The van der Waals surface area contributed by atoms with Crippen molar-refractivity contribution >= 4 is 5.69 Å². The summed E-state index contributed by atoms with van der Waals surface area (Å²) < 4.78 is 46.5. The van der Waals surface area contributed by atoms with Crippen molar-refractivity contribution in [3.8, 4) is 5.75 Å². The van der Waals surface area contributed by atoms with Gasteiger partial charge >= 0.3 is 6.18 Å². The van der Waals surface area contributed by atoms with Crippen LogP contribution in [0.25, 0.3) is 0 Å². The Balaban J connectivity index is 1.84. The predicted octanol–water partition coefficient (Wildman–Crippen LogP) is 5.93. The number of hydrogen-bond acceptors (Lipinski definition) is 2. The maximum Gasteiger partial charge on any atom is 0.416 e. The van der Waals surface area contributed by atoms with Crippen LogP contribution in [0.3, 0.4) is 0 Å². The molecule has 3 atom stereocenters. The van der Waals surface area contributed by atoms with Crippen molar-refractivity contribution in [2.75, 3.05) is 11.9 Å². The fraction of sp³-hybridized carbons (Fsp3) is 0.333. The number of para-hydroxylation sites is 1. The number of benzene rings is 2. The molecule has 0 unspecified atom stereocenters. The molecule has 0 saturated carbocycles. The first-order valence-electron chi connectivity index (χ1n) is 8.85. The topological polar surface area (TPSA) is 21.3 Å². The standard InChI is InChI=1S/C21H20F3NO/c1-2-26-18-12-6-10-15-13-8-5-9-14(13)19(25-20(15)18)16-7-3-4-11-17(16)21(22,23)24/h3-8,10-14,19,25H,2,9H2,1H3/t13-,14-,19-/m0/s1. The number of anilines is 1. The Hall–Kier alpha value is -2.43. The highest BCUT2D eigenvalue weighted by atomic mass is 19.4. The summed E-state index contributed by atoms with van der Waals surface area (Å²) in [4.78, 5) is 0. The lowest BCUT2D eigenvalue weighted by molar-refractivity contribution is -0.138. The molecule has 0 fully saturated rings. The molecule has 5 heteroatoms. The number of ether oxygens (including phenoxy) is 1. The van der Waals surface area contributed by atoms with Crippen molar-refractivity contribution in [2.45, 2.75) is 31.5 Å². The van der Waals surface area contributed by atoms with E-state index < -0.39 is 17.8 Å². The van der Waals surface area contributed by atoms with Gasteiger partial charge in [0, 0.05) is 5.92 Å². The quantitative estimate of drug-likeness (QED) is 0.686. The second-order valence-electron chi connectivity index (χ2n) is 6.71. The zero-order chi connectivity index (χ0) is 18.3. The van der Waals surface area contributed by atoms with E-state index in [1.807, 2.05) is 25.1 Å². The van der Waals surface area contributed by atoms with E-state index in [2.05, 4.69) is 17.5 Å². The minimum Gasteiger partial charge on any atom is -0.492 e. The summed E-state index contributed by atoms with van der Waals surface area (Å²) in [6.45, 7) is 2.41. The molecule has 1 aliphatic carbocycles. The molecular weight excluding hydrogens is 339 g/mol. The molecule has 0 radical (unpaired) electrons. The minimum absolute atomic E-state index is 0.0582. The molecule has 1 N–H and O–H groups in total. The smallest absolute Gasteiger partial charge is 0.416 e. The number of halogens is 3. The molecule has 26 heavy (non-hydrogen) atoms. The highest BCUT2D eigenvalue weighted by molar-refractivity contribution is 5.68. The number of nitrogens with one attached hydrogen (secondary N) is 1.